The molecule has 1 unspecified atom stereocenters. The number of hydrogen-bond donors (Lipinski definition) is 0. The second kappa shape index (κ2) is 7.77. The molecular formula is C18H19N3OS2. The molecule has 2 heterocycles. The Morgan fingerprint density at radius 1 is 1.25 bits per heavy atom. The lowest BCUT2D eigenvalue weighted by Crippen LogP contribution is -2.31. The zero-order valence-corrected chi connectivity index (χ0v) is 15.3. The first kappa shape index (κ1) is 16.9. The van der Waals surface area contributed by atoms with Crippen LogP contribution in [0, 0.1) is 6.92 Å². The summed E-state index contributed by atoms with van der Waals surface area (Å²) in [6.45, 7) is 4.63. The van der Waals surface area contributed by atoms with Gasteiger partial charge in [0.1, 0.15) is 0 Å². The van der Waals surface area contributed by atoms with Crippen molar-refractivity contribution in [3.63, 3.8) is 0 Å². The molecule has 1 aliphatic rings. The van der Waals surface area contributed by atoms with Crippen LogP contribution in [0.3, 0.4) is 0 Å². The minimum Gasteiger partial charge on any atom is -0.284 e. The fourth-order valence-electron chi connectivity index (χ4n) is 2.45. The third kappa shape index (κ3) is 3.76. The summed E-state index contributed by atoms with van der Waals surface area (Å²) in [5.74, 6) is 0.121. The van der Waals surface area contributed by atoms with Crippen LogP contribution in [-0.4, -0.2) is 27.4 Å². The van der Waals surface area contributed by atoms with Gasteiger partial charge in [-0.25, -0.2) is 0 Å². The molecule has 1 amide bonds. The van der Waals surface area contributed by atoms with E-state index in [0.717, 1.165) is 16.9 Å². The van der Waals surface area contributed by atoms with E-state index >= 15 is 0 Å². The molecule has 6 heteroatoms. The maximum atomic E-state index is 12.6. The second-order valence-corrected chi connectivity index (χ2v) is 7.66. The topological polar surface area (TPSA) is 45.0 Å². The number of rotatable bonds is 5. The molecule has 1 atom stereocenters. The van der Waals surface area contributed by atoms with Gasteiger partial charge in [0.05, 0.1) is 18.0 Å². The average Bonchev–Trinajstić information content (AvgIpc) is 3.19. The molecule has 3 rings (SSSR count). The Labute approximate surface area is 150 Å². The molecule has 124 valence electrons. The van der Waals surface area contributed by atoms with E-state index in [1.165, 1.54) is 17.3 Å². The van der Waals surface area contributed by atoms with Crippen molar-refractivity contribution in [1.29, 1.82) is 0 Å². The van der Waals surface area contributed by atoms with Crippen molar-refractivity contribution >= 4 is 40.4 Å². The van der Waals surface area contributed by atoms with Crippen LogP contribution in [-0.2, 0) is 11.3 Å². The third-order valence-electron chi connectivity index (χ3n) is 3.85. The lowest BCUT2D eigenvalue weighted by molar-refractivity contribution is -0.126. The normalized spacial score (nSPS) is 19.8. The lowest BCUT2D eigenvalue weighted by Gasteiger charge is -2.17. The van der Waals surface area contributed by atoms with E-state index in [1.54, 1.807) is 22.5 Å². The van der Waals surface area contributed by atoms with Gasteiger partial charge in [0.25, 0.3) is 0 Å². The van der Waals surface area contributed by atoms with Crippen LogP contribution < -0.4 is 0 Å². The van der Waals surface area contributed by atoms with Crippen LogP contribution in [0.25, 0.3) is 0 Å². The zero-order chi connectivity index (χ0) is 16.9. The minimum atomic E-state index is -0.0651. The van der Waals surface area contributed by atoms with Crippen LogP contribution >= 0.6 is 23.1 Å². The number of thiophene rings is 1. The zero-order valence-electron chi connectivity index (χ0n) is 13.7. The molecule has 0 radical (unpaired) electrons. The summed E-state index contributed by atoms with van der Waals surface area (Å²) in [7, 11) is 0. The number of aryl methyl sites for hydroxylation is 1. The third-order valence-corrected chi connectivity index (χ3v) is 5.99. The predicted octanol–water partition coefficient (Wildman–Crippen LogP) is 4.30. The van der Waals surface area contributed by atoms with Gasteiger partial charge in [-0.2, -0.15) is 5.10 Å². The summed E-state index contributed by atoms with van der Waals surface area (Å²) < 4.78 is 0. The number of carbonyl (C=O) groups is 1. The highest BCUT2D eigenvalue weighted by molar-refractivity contribution is 8.15. The largest absolute Gasteiger partial charge is 0.284 e. The van der Waals surface area contributed by atoms with Crippen molar-refractivity contribution in [1.82, 2.24) is 4.90 Å². The van der Waals surface area contributed by atoms with Gasteiger partial charge in [-0.15, -0.1) is 16.4 Å². The Kier molecular flexibility index (Phi) is 5.48. The van der Waals surface area contributed by atoms with Crippen molar-refractivity contribution in [3.05, 3.63) is 57.8 Å². The second-order valence-electron chi connectivity index (χ2n) is 5.51. The average molecular weight is 358 g/mol. The van der Waals surface area contributed by atoms with Gasteiger partial charge in [-0.1, -0.05) is 49.0 Å². The summed E-state index contributed by atoms with van der Waals surface area (Å²) in [6.07, 6.45) is 2.52. The minimum absolute atomic E-state index is 0.0651. The van der Waals surface area contributed by atoms with E-state index in [-0.39, 0.29) is 11.2 Å². The molecule has 1 fully saturated rings. The monoisotopic (exact) mass is 357 g/mol. The molecule has 0 saturated carbocycles. The van der Waals surface area contributed by atoms with Gasteiger partial charge in [0.2, 0.25) is 5.91 Å². The Hall–Kier alpha value is -1.92. The summed E-state index contributed by atoms with van der Waals surface area (Å²) in [4.78, 5) is 15.4. The van der Waals surface area contributed by atoms with Crippen molar-refractivity contribution in [2.75, 3.05) is 0 Å². The Bertz CT molecular complexity index is 768. The van der Waals surface area contributed by atoms with Crippen LogP contribution in [0.4, 0.5) is 0 Å². The fourth-order valence-corrected chi connectivity index (χ4v) is 4.05. The van der Waals surface area contributed by atoms with Crippen molar-refractivity contribution in [3.8, 4) is 0 Å². The van der Waals surface area contributed by atoms with Crippen LogP contribution in [0.5, 0.6) is 0 Å². The maximum Gasteiger partial charge on any atom is 0.242 e. The van der Waals surface area contributed by atoms with E-state index < -0.39 is 0 Å². The first-order chi connectivity index (χ1) is 11.7. The van der Waals surface area contributed by atoms with Crippen molar-refractivity contribution < 1.29 is 4.79 Å². The van der Waals surface area contributed by atoms with Gasteiger partial charge < -0.3 is 0 Å². The molecule has 1 aromatic heterocycles. The van der Waals surface area contributed by atoms with Crippen molar-refractivity contribution in [2.45, 2.75) is 32.1 Å². The number of hydrogen-bond acceptors (Lipinski definition) is 5. The standard InChI is InChI=1S/C18H19N3OS2/c1-3-16-17(22)21(12-14-8-5-4-7-13(14)2)18(24-16)20-19-11-15-9-6-10-23-15/h4-11,16H,3,12H2,1-2H3/b19-11+,20-18-. The lowest BCUT2D eigenvalue weighted by atomic mass is 10.1. The Morgan fingerprint density at radius 2 is 2.08 bits per heavy atom. The first-order valence-corrected chi connectivity index (χ1v) is 9.62. The highest BCUT2D eigenvalue weighted by Gasteiger charge is 2.37. The summed E-state index contributed by atoms with van der Waals surface area (Å²) in [6, 6.07) is 12.1. The molecule has 2 aromatic rings. The predicted molar refractivity (Wildman–Crippen MR) is 103 cm³/mol. The number of nitrogens with zero attached hydrogens (tertiary/aromatic N) is 3. The number of amides is 1. The molecule has 1 saturated heterocycles. The number of benzene rings is 1. The molecule has 0 spiro atoms. The van der Waals surface area contributed by atoms with E-state index in [4.69, 9.17) is 0 Å². The van der Waals surface area contributed by atoms with Gasteiger partial charge in [-0.05, 0) is 35.9 Å². The maximum absolute atomic E-state index is 12.6. The number of thioether (sulfide) groups is 1. The van der Waals surface area contributed by atoms with Gasteiger partial charge in [-0.3, -0.25) is 9.69 Å². The fraction of sp³-hybridized carbons (Fsp3) is 0.278. The highest BCUT2D eigenvalue weighted by Crippen LogP contribution is 2.31. The number of amidine groups is 1. The molecule has 0 bridgehead atoms. The Balaban J connectivity index is 1.82. The van der Waals surface area contributed by atoms with E-state index in [9.17, 15) is 4.79 Å². The van der Waals surface area contributed by atoms with Gasteiger partial charge in [0.15, 0.2) is 5.17 Å². The van der Waals surface area contributed by atoms with E-state index in [0.29, 0.717) is 11.7 Å². The summed E-state index contributed by atoms with van der Waals surface area (Å²) >= 11 is 3.12. The van der Waals surface area contributed by atoms with E-state index in [2.05, 4.69) is 29.3 Å². The highest BCUT2D eigenvalue weighted by atomic mass is 32.2. The van der Waals surface area contributed by atoms with Crippen LogP contribution in [0.1, 0.15) is 29.3 Å². The van der Waals surface area contributed by atoms with Crippen LogP contribution in [0.2, 0.25) is 0 Å². The number of carbonyl (C=O) groups excluding carboxylic acids is 1. The molecule has 1 aliphatic heterocycles. The molecular weight excluding hydrogens is 338 g/mol. The van der Waals surface area contributed by atoms with Crippen molar-refractivity contribution in [2.24, 2.45) is 10.2 Å². The molecule has 1 aromatic carbocycles. The first-order valence-electron chi connectivity index (χ1n) is 7.86. The summed E-state index contributed by atoms with van der Waals surface area (Å²) in [5.41, 5.74) is 2.31. The summed E-state index contributed by atoms with van der Waals surface area (Å²) in [5, 5.41) is 11.1. The molecule has 0 N–H and O–H groups in total. The van der Waals surface area contributed by atoms with E-state index in [1.807, 2.05) is 36.6 Å². The van der Waals surface area contributed by atoms with Gasteiger partial charge in [0, 0.05) is 4.88 Å². The molecule has 24 heavy (non-hydrogen) atoms. The molecule has 0 aliphatic carbocycles. The smallest absolute Gasteiger partial charge is 0.242 e. The van der Waals surface area contributed by atoms with Gasteiger partial charge >= 0.3 is 0 Å². The molecule has 4 nitrogen and oxygen atoms in total. The SMILES string of the molecule is CCC1S/C(=N\N=C\c2cccs2)N(Cc2ccccc2C)C1=O. The quantitative estimate of drug-likeness (QED) is 0.591. The van der Waals surface area contributed by atoms with Crippen LogP contribution in [0.15, 0.2) is 52.0 Å². The Morgan fingerprint density at radius 3 is 2.79 bits per heavy atom.